The number of aromatic nitrogens is 4. The zero-order valence-corrected chi connectivity index (χ0v) is 18.3. The first-order valence-electron chi connectivity index (χ1n) is 10.7. The molecular formula is C24H23FN6O2. The topological polar surface area (TPSA) is 84.6 Å². The van der Waals surface area contributed by atoms with Gasteiger partial charge in [0.2, 0.25) is 0 Å². The summed E-state index contributed by atoms with van der Waals surface area (Å²) in [6.45, 7) is 2.46. The summed E-state index contributed by atoms with van der Waals surface area (Å²) in [5.41, 5.74) is 2.79. The Hall–Kier alpha value is -4.01. The molecule has 33 heavy (non-hydrogen) atoms. The number of benzene rings is 1. The van der Waals surface area contributed by atoms with Gasteiger partial charge in [-0.3, -0.25) is 9.78 Å². The van der Waals surface area contributed by atoms with Crippen molar-refractivity contribution >= 4 is 17.4 Å². The molecule has 0 spiro atoms. The van der Waals surface area contributed by atoms with Gasteiger partial charge in [0.05, 0.1) is 25.0 Å². The Kier molecular flexibility index (Phi) is 5.37. The molecule has 1 aliphatic rings. The fourth-order valence-corrected chi connectivity index (χ4v) is 4.28. The summed E-state index contributed by atoms with van der Waals surface area (Å²) in [6, 6.07) is 13.3. The Bertz CT molecular complexity index is 1320. The van der Waals surface area contributed by atoms with Crippen molar-refractivity contribution in [1.29, 1.82) is 0 Å². The number of anilines is 1. The van der Waals surface area contributed by atoms with Gasteiger partial charge < -0.3 is 15.0 Å². The van der Waals surface area contributed by atoms with Crippen molar-refractivity contribution in [2.75, 3.05) is 18.6 Å². The molecule has 168 valence electrons. The van der Waals surface area contributed by atoms with Gasteiger partial charge in [-0.2, -0.15) is 0 Å². The molecule has 0 aliphatic carbocycles. The van der Waals surface area contributed by atoms with Gasteiger partial charge in [0.25, 0.3) is 5.91 Å². The average molecular weight is 446 g/mol. The summed E-state index contributed by atoms with van der Waals surface area (Å²) in [7, 11) is 1.54. The van der Waals surface area contributed by atoms with Crippen molar-refractivity contribution in [3.05, 3.63) is 83.7 Å². The highest BCUT2D eigenvalue weighted by atomic mass is 19.1. The van der Waals surface area contributed by atoms with Crippen LogP contribution in [0.1, 0.15) is 34.2 Å². The van der Waals surface area contributed by atoms with E-state index in [1.165, 1.54) is 18.3 Å². The van der Waals surface area contributed by atoms with Crippen LogP contribution in [0.3, 0.4) is 0 Å². The van der Waals surface area contributed by atoms with Gasteiger partial charge in [-0.1, -0.05) is 12.1 Å². The lowest BCUT2D eigenvalue weighted by molar-refractivity contribution is 0.0934. The van der Waals surface area contributed by atoms with E-state index in [0.29, 0.717) is 18.7 Å². The maximum Gasteiger partial charge on any atom is 0.270 e. The van der Waals surface area contributed by atoms with Gasteiger partial charge in [-0.15, -0.1) is 5.10 Å². The number of methoxy groups -OCH3 is 1. The van der Waals surface area contributed by atoms with E-state index in [-0.39, 0.29) is 29.5 Å². The van der Waals surface area contributed by atoms with Crippen LogP contribution in [-0.4, -0.2) is 45.2 Å². The van der Waals surface area contributed by atoms with E-state index in [1.54, 1.807) is 36.0 Å². The smallest absolute Gasteiger partial charge is 0.270 e. The number of hydrogen-bond acceptors (Lipinski definition) is 6. The van der Waals surface area contributed by atoms with Crippen molar-refractivity contribution in [2.24, 2.45) is 0 Å². The molecule has 5 rings (SSSR count). The monoisotopic (exact) mass is 446 g/mol. The molecule has 3 aromatic heterocycles. The molecule has 1 fully saturated rings. The van der Waals surface area contributed by atoms with Crippen LogP contribution in [0.2, 0.25) is 0 Å². The number of pyridine rings is 1. The summed E-state index contributed by atoms with van der Waals surface area (Å²) >= 11 is 0. The van der Waals surface area contributed by atoms with E-state index in [4.69, 9.17) is 9.84 Å². The predicted molar refractivity (Wildman–Crippen MR) is 121 cm³/mol. The first kappa shape index (κ1) is 20.9. The molecular weight excluding hydrogens is 423 g/mol. The predicted octanol–water partition coefficient (Wildman–Crippen LogP) is 3.33. The maximum atomic E-state index is 14.0. The minimum absolute atomic E-state index is 0.155. The summed E-state index contributed by atoms with van der Waals surface area (Å²) < 4.78 is 21.0. The van der Waals surface area contributed by atoms with Gasteiger partial charge in [-0.25, -0.2) is 13.9 Å². The number of aryl methyl sites for hydroxylation is 1. The number of imidazole rings is 1. The summed E-state index contributed by atoms with van der Waals surface area (Å²) in [5, 5.41) is 7.82. The summed E-state index contributed by atoms with van der Waals surface area (Å²) in [4.78, 5) is 23.4. The van der Waals surface area contributed by atoms with Gasteiger partial charge in [0.1, 0.15) is 23.1 Å². The fourth-order valence-electron chi connectivity index (χ4n) is 4.28. The molecule has 1 aromatic carbocycles. The second-order valence-corrected chi connectivity index (χ2v) is 8.07. The van der Waals surface area contributed by atoms with E-state index in [0.717, 1.165) is 22.7 Å². The van der Waals surface area contributed by atoms with Crippen molar-refractivity contribution in [1.82, 2.24) is 24.9 Å². The SMILES string of the molecule is COc1ccnc(C(=O)NC2C[C@H](c3cccc(F)c3)N(c3ccc4ncc(C)n4n3)C2)c1. The highest BCUT2D eigenvalue weighted by molar-refractivity contribution is 5.92. The molecule has 4 heterocycles. The van der Waals surface area contributed by atoms with Crippen LogP contribution in [0, 0.1) is 12.7 Å². The maximum absolute atomic E-state index is 14.0. The van der Waals surface area contributed by atoms with E-state index >= 15 is 0 Å². The molecule has 2 atom stereocenters. The molecule has 0 radical (unpaired) electrons. The third-order valence-electron chi connectivity index (χ3n) is 5.88. The van der Waals surface area contributed by atoms with Crippen molar-refractivity contribution in [3.63, 3.8) is 0 Å². The zero-order valence-electron chi connectivity index (χ0n) is 18.3. The number of rotatable bonds is 5. The van der Waals surface area contributed by atoms with Crippen molar-refractivity contribution in [2.45, 2.75) is 25.4 Å². The van der Waals surface area contributed by atoms with Gasteiger partial charge in [-0.05, 0) is 49.2 Å². The normalized spacial score (nSPS) is 18.0. The lowest BCUT2D eigenvalue weighted by Crippen LogP contribution is -2.37. The highest BCUT2D eigenvalue weighted by Crippen LogP contribution is 2.36. The zero-order chi connectivity index (χ0) is 22.9. The molecule has 1 saturated heterocycles. The standard InChI is InChI=1S/C24H23FN6O2/c1-15-13-27-22-6-7-23(29-31(15)22)30-14-18(11-21(30)16-4-3-5-17(25)10-16)28-24(32)20-12-19(33-2)8-9-26-20/h3-10,12-13,18,21H,11,14H2,1-2H3,(H,28,32)/t18?,21-/m1/s1. The molecule has 8 nitrogen and oxygen atoms in total. The highest BCUT2D eigenvalue weighted by Gasteiger charge is 2.35. The molecule has 1 N–H and O–H groups in total. The van der Waals surface area contributed by atoms with Crippen LogP contribution in [0.4, 0.5) is 10.2 Å². The Morgan fingerprint density at radius 1 is 1.18 bits per heavy atom. The molecule has 9 heteroatoms. The Balaban J connectivity index is 1.45. The number of nitrogens with zero attached hydrogens (tertiary/aromatic N) is 5. The first-order chi connectivity index (χ1) is 16.0. The number of hydrogen-bond donors (Lipinski definition) is 1. The molecule has 1 amide bonds. The van der Waals surface area contributed by atoms with Gasteiger partial charge in [0, 0.05) is 24.8 Å². The van der Waals surface area contributed by atoms with Crippen molar-refractivity contribution < 1.29 is 13.9 Å². The van der Waals surface area contributed by atoms with Crippen LogP contribution >= 0.6 is 0 Å². The van der Waals surface area contributed by atoms with E-state index in [2.05, 4.69) is 20.2 Å². The Morgan fingerprint density at radius 2 is 2.06 bits per heavy atom. The van der Waals surface area contributed by atoms with Crippen LogP contribution in [0.25, 0.3) is 5.65 Å². The summed E-state index contributed by atoms with van der Waals surface area (Å²) in [5.74, 6) is 0.713. The number of carbonyl (C=O) groups is 1. The van der Waals surface area contributed by atoms with Crippen LogP contribution in [0.5, 0.6) is 5.75 Å². The van der Waals surface area contributed by atoms with Crippen molar-refractivity contribution in [3.8, 4) is 5.75 Å². The van der Waals surface area contributed by atoms with Crippen LogP contribution in [-0.2, 0) is 0 Å². The number of fused-ring (bicyclic) bond motifs is 1. The Morgan fingerprint density at radius 3 is 2.88 bits per heavy atom. The lowest BCUT2D eigenvalue weighted by atomic mass is 10.0. The molecule has 0 bridgehead atoms. The fraction of sp³-hybridized carbons (Fsp3) is 0.250. The number of halogens is 1. The summed E-state index contributed by atoms with van der Waals surface area (Å²) in [6.07, 6.45) is 3.91. The Labute approximate surface area is 190 Å². The number of nitrogens with one attached hydrogen (secondary N) is 1. The van der Waals surface area contributed by atoms with Crippen LogP contribution in [0.15, 0.2) is 60.9 Å². The van der Waals surface area contributed by atoms with Gasteiger partial charge >= 0.3 is 0 Å². The second kappa shape index (κ2) is 8.50. The molecule has 1 unspecified atom stereocenters. The minimum Gasteiger partial charge on any atom is -0.497 e. The van der Waals surface area contributed by atoms with E-state index < -0.39 is 0 Å². The molecule has 1 aliphatic heterocycles. The minimum atomic E-state index is -0.297. The lowest BCUT2D eigenvalue weighted by Gasteiger charge is -2.26. The van der Waals surface area contributed by atoms with E-state index in [1.807, 2.05) is 25.1 Å². The van der Waals surface area contributed by atoms with Crippen LogP contribution < -0.4 is 15.0 Å². The van der Waals surface area contributed by atoms with E-state index in [9.17, 15) is 9.18 Å². The third-order valence-corrected chi connectivity index (χ3v) is 5.88. The molecule has 4 aromatic rings. The third kappa shape index (κ3) is 4.09. The van der Waals surface area contributed by atoms with Gasteiger partial charge in [0.15, 0.2) is 5.65 Å². The first-order valence-corrected chi connectivity index (χ1v) is 10.7. The average Bonchev–Trinajstić information content (AvgIpc) is 3.42. The second-order valence-electron chi connectivity index (χ2n) is 8.07. The quantitative estimate of drug-likeness (QED) is 0.506. The molecule has 0 saturated carbocycles. The largest absolute Gasteiger partial charge is 0.497 e. The number of ether oxygens (including phenoxy) is 1. The number of carbonyl (C=O) groups excluding carboxylic acids is 1. The number of amides is 1.